The SMILES string of the molecule is COc1ccc(C#N)cc1CSc1ncc(CO)n1C. The van der Waals surface area contributed by atoms with Gasteiger partial charge in [0.05, 0.1) is 37.2 Å². The van der Waals surface area contributed by atoms with Crippen LogP contribution in [0.15, 0.2) is 29.6 Å². The quantitative estimate of drug-likeness (QED) is 0.853. The van der Waals surface area contributed by atoms with Crippen LogP contribution in [0.25, 0.3) is 0 Å². The molecule has 0 fully saturated rings. The van der Waals surface area contributed by atoms with Crippen LogP contribution in [-0.2, 0) is 19.4 Å². The molecule has 0 bridgehead atoms. The van der Waals surface area contributed by atoms with Crippen molar-refractivity contribution in [1.82, 2.24) is 9.55 Å². The minimum Gasteiger partial charge on any atom is -0.496 e. The molecular formula is C14H15N3O2S. The van der Waals surface area contributed by atoms with Crippen LogP contribution in [0.2, 0.25) is 0 Å². The lowest BCUT2D eigenvalue weighted by molar-refractivity contribution is 0.271. The molecule has 20 heavy (non-hydrogen) atoms. The normalized spacial score (nSPS) is 10.3. The number of aliphatic hydroxyl groups is 1. The van der Waals surface area contributed by atoms with Crippen molar-refractivity contribution >= 4 is 11.8 Å². The maximum absolute atomic E-state index is 9.14. The van der Waals surface area contributed by atoms with Gasteiger partial charge in [0.25, 0.3) is 0 Å². The van der Waals surface area contributed by atoms with Gasteiger partial charge in [-0.15, -0.1) is 0 Å². The molecule has 0 radical (unpaired) electrons. The van der Waals surface area contributed by atoms with Crippen molar-refractivity contribution in [3.63, 3.8) is 0 Å². The molecule has 0 unspecified atom stereocenters. The van der Waals surface area contributed by atoms with Gasteiger partial charge in [-0.1, -0.05) is 11.8 Å². The number of hydrogen-bond donors (Lipinski definition) is 1. The van der Waals surface area contributed by atoms with Crippen LogP contribution in [0.1, 0.15) is 16.8 Å². The number of aromatic nitrogens is 2. The maximum Gasteiger partial charge on any atom is 0.168 e. The zero-order valence-corrected chi connectivity index (χ0v) is 12.1. The Balaban J connectivity index is 2.17. The third kappa shape index (κ3) is 2.95. The van der Waals surface area contributed by atoms with Crippen molar-refractivity contribution in [2.75, 3.05) is 7.11 Å². The summed E-state index contributed by atoms with van der Waals surface area (Å²) < 4.78 is 7.15. The molecule has 5 nitrogen and oxygen atoms in total. The Hall–Kier alpha value is -1.97. The van der Waals surface area contributed by atoms with Gasteiger partial charge in [-0.3, -0.25) is 0 Å². The van der Waals surface area contributed by atoms with E-state index in [0.29, 0.717) is 11.3 Å². The van der Waals surface area contributed by atoms with E-state index in [1.807, 2.05) is 17.7 Å². The number of nitriles is 1. The summed E-state index contributed by atoms with van der Waals surface area (Å²) in [5.41, 5.74) is 2.33. The molecule has 0 atom stereocenters. The number of rotatable bonds is 5. The Morgan fingerprint density at radius 2 is 2.30 bits per heavy atom. The molecule has 0 amide bonds. The summed E-state index contributed by atoms with van der Waals surface area (Å²) in [7, 11) is 3.48. The second kappa shape index (κ2) is 6.46. The topological polar surface area (TPSA) is 71.1 Å². The van der Waals surface area contributed by atoms with Gasteiger partial charge < -0.3 is 14.4 Å². The summed E-state index contributed by atoms with van der Waals surface area (Å²) in [5.74, 6) is 1.40. The highest BCUT2D eigenvalue weighted by molar-refractivity contribution is 7.98. The lowest BCUT2D eigenvalue weighted by Crippen LogP contribution is -1.98. The highest BCUT2D eigenvalue weighted by atomic mass is 32.2. The Bertz CT molecular complexity index is 646. The second-order valence-electron chi connectivity index (χ2n) is 4.18. The number of ether oxygens (including phenoxy) is 1. The second-order valence-corrected chi connectivity index (χ2v) is 5.12. The van der Waals surface area contributed by atoms with Gasteiger partial charge in [-0.25, -0.2) is 4.98 Å². The van der Waals surface area contributed by atoms with Crippen LogP contribution in [0.4, 0.5) is 0 Å². The Morgan fingerprint density at radius 3 is 2.90 bits per heavy atom. The molecule has 2 aromatic rings. The standard InChI is InChI=1S/C14H15N3O2S/c1-17-12(8-18)7-16-14(17)20-9-11-5-10(6-15)3-4-13(11)19-2/h3-5,7,18H,8-9H2,1-2H3. The van der Waals surface area contributed by atoms with E-state index < -0.39 is 0 Å². The molecule has 0 saturated carbocycles. The summed E-state index contributed by atoms with van der Waals surface area (Å²) >= 11 is 1.54. The van der Waals surface area contributed by atoms with E-state index in [1.165, 1.54) is 11.8 Å². The van der Waals surface area contributed by atoms with Gasteiger partial charge in [0.15, 0.2) is 5.16 Å². The molecule has 1 aromatic heterocycles. The van der Waals surface area contributed by atoms with Gasteiger partial charge in [-0.05, 0) is 18.2 Å². The van der Waals surface area contributed by atoms with Crippen LogP contribution < -0.4 is 4.74 Å². The first kappa shape index (κ1) is 14.4. The lowest BCUT2D eigenvalue weighted by Gasteiger charge is -2.09. The van der Waals surface area contributed by atoms with Gasteiger partial charge in [0.1, 0.15) is 5.75 Å². The number of nitrogens with zero attached hydrogens (tertiary/aromatic N) is 3. The van der Waals surface area contributed by atoms with Crippen molar-refractivity contribution in [1.29, 1.82) is 5.26 Å². The van der Waals surface area contributed by atoms with Gasteiger partial charge >= 0.3 is 0 Å². The summed E-state index contributed by atoms with van der Waals surface area (Å²) in [5, 5.41) is 18.9. The number of imidazole rings is 1. The predicted octanol–water partition coefficient (Wildman–Crippen LogP) is 2.08. The molecule has 0 saturated heterocycles. The number of aliphatic hydroxyl groups excluding tert-OH is 1. The lowest BCUT2D eigenvalue weighted by atomic mass is 10.1. The van der Waals surface area contributed by atoms with Crippen LogP contribution in [0.5, 0.6) is 5.75 Å². The van der Waals surface area contributed by atoms with E-state index in [1.54, 1.807) is 25.4 Å². The maximum atomic E-state index is 9.14. The first-order chi connectivity index (χ1) is 9.69. The number of hydrogen-bond acceptors (Lipinski definition) is 5. The average molecular weight is 289 g/mol. The first-order valence-corrected chi connectivity index (χ1v) is 6.99. The number of thioether (sulfide) groups is 1. The fourth-order valence-electron chi connectivity index (χ4n) is 1.81. The molecule has 0 aliphatic rings. The molecule has 1 aromatic carbocycles. The minimum atomic E-state index is -0.0305. The van der Waals surface area contributed by atoms with Crippen molar-refractivity contribution in [2.45, 2.75) is 17.5 Å². The largest absolute Gasteiger partial charge is 0.496 e. The van der Waals surface area contributed by atoms with E-state index in [0.717, 1.165) is 22.2 Å². The van der Waals surface area contributed by atoms with E-state index in [9.17, 15) is 0 Å². The fraction of sp³-hybridized carbons (Fsp3) is 0.286. The zero-order valence-electron chi connectivity index (χ0n) is 11.3. The van der Waals surface area contributed by atoms with Crippen molar-refractivity contribution < 1.29 is 9.84 Å². The average Bonchev–Trinajstić information content (AvgIpc) is 2.85. The summed E-state index contributed by atoms with van der Waals surface area (Å²) in [6.45, 7) is -0.0305. The molecule has 104 valence electrons. The summed E-state index contributed by atoms with van der Waals surface area (Å²) in [6, 6.07) is 7.48. The van der Waals surface area contributed by atoms with E-state index in [4.69, 9.17) is 15.1 Å². The van der Waals surface area contributed by atoms with Crippen molar-refractivity contribution in [3.05, 3.63) is 41.2 Å². The molecule has 0 aliphatic heterocycles. The van der Waals surface area contributed by atoms with Gasteiger partial charge in [0.2, 0.25) is 0 Å². The van der Waals surface area contributed by atoms with Crippen LogP contribution in [0.3, 0.4) is 0 Å². The highest BCUT2D eigenvalue weighted by Gasteiger charge is 2.09. The number of benzene rings is 1. The van der Waals surface area contributed by atoms with Crippen LogP contribution in [0, 0.1) is 11.3 Å². The highest BCUT2D eigenvalue weighted by Crippen LogP contribution is 2.28. The smallest absolute Gasteiger partial charge is 0.168 e. The monoisotopic (exact) mass is 289 g/mol. The molecule has 0 spiro atoms. The van der Waals surface area contributed by atoms with E-state index in [2.05, 4.69) is 11.1 Å². The Labute approximate surface area is 121 Å². The molecule has 1 heterocycles. The molecule has 6 heteroatoms. The molecule has 0 aliphatic carbocycles. The fourth-order valence-corrected chi connectivity index (χ4v) is 2.76. The summed E-state index contributed by atoms with van der Waals surface area (Å²) in [6.07, 6.45) is 1.66. The van der Waals surface area contributed by atoms with E-state index >= 15 is 0 Å². The third-order valence-electron chi connectivity index (χ3n) is 2.97. The minimum absolute atomic E-state index is 0.0305. The van der Waals surface area contributed by atoms with E-state index in [-0.39, 0.29) is 6.61 Å². The third-order valence-corrected chi connectivity index (χ3v) is 4.06. The predicted molar refractivity (Wildman–Crippen MR) is 76.4 cm³/mol. The van der Waals surface area contributed by atoms with Gasteiger partial charge in [0, 0.05) is 18.4 Å². The summed E-state index contributed by atoms with van der Waals surface area (Å²) in [4.78, 5) is 4.26. The van der Waals surface area contributed by atoms with Crippen LogP contribution in [-0.4, -0.2) is 21.8 Å². The Morgan fingerprint density at radius 1 is 1.50 bits per heavy atom. The molecule has 2 rings (SSSR count). The Kier molecular flexibility index (Phi) is 4.66. The molecular weight excluding hydrogens is 274 g/mol. The van der Waals surface area contributed by atoms with Crippen LogP contribution >= 0.6 is 11.8 Å². The zero-order chi connectivity index (χ0) is 14.5. The first-order valence-electron chi connectivity index (χ1n) is 6.01. The van der Waals surface area contributed by atoms with Crippen molar-refractivity contribution in [2.24, 2.45) is 7.05 Å². The molecule has 1 N–H and O–H groups in total. The van der Waals surface area contributed by atoms with Gasteiger partial charge in [-0.2, -0.15) is 5.26 Å². The number of methoxy groups -OCH3 is 1. The van der Waals surface area contributed by atoms with Crippen molar-refractivity contribution in [3.8, 4) is 11.8 Å².